The van der Waals surface area contributed by atoms with Crippen molar-refractivity contribution in [1.29, 1.82) is 0 Å². The number of Topliss-reactive ketones (excluding diaryl/α,β-unsaturated/α-hetero) is 1. The van der Waals surface area contributed by atoms with E-state index in [0.29, 0.717) is 24.0 Å². The molecule has 3 saturated carbocycles. The molecule has 0 saturated heterocycles. The van der Waals surface area contributed by atoms with Crippen LogP contribution in [0.4, 0.5) is 0 Å². The summed E-state index contributed by atoms with van der Waals surface area (Å²) >= 11 is 0. The Morgan fingerprint density at radius 3 is 2.94 bits per heavy atom. The fraction of sp³-hybridized carbons (Fsp3) is 0.733. The van der Waals surface area contributed by atoms with E-state index in [9.17, 15) is 9.59 Å². The van der Waals surface area contributed by atoms with Gasteiger partial charge in [-0.05, 0) is 43.1 Å². The van der Waals surface area contributed by atoms with Gasteiger partial charge in [0.05, 0.1) is 0 Å². The molecule has 4 aliphatic rings. The average Bonchev–Trinajstić information content (AvgIpc) is 2.80. The minimum Gasteiger partial charge on any atom is -0.431 e. The lowest BCUT2D eigenvalue weighted by Gasteiger charge is -2.46. The zero-order valence-electron chi connectivity index (χ0n) is 10.9. The van der Waals surface area contributed by atoms with Gasteiger partial charge in [0.15, 0.2) is 0 Å². The lowest BCUT2D eigenvalue weighted by Crippen LogP contribution is -2.45. The maximum absolute atomic E-state index is 12.3. The highest BCUT2D eigenvalue weighted by Gasteiger charge is 2.77. The Kier molecular flexibility index (Phi) is 1.73. The zero-order valence-corrected chi connectivity index (χ0v) is 10.9. The van der Waals surface area contributed by atoms with E-state index in [1.54, 1.807) is 0 Å². The summed E-state index contributed by atoms with van der Waals surface area (Å²) in [5, 5.41) is 0. The second kappa shape index (κ2) is 2.89. The predicted octanol–water partition coefficient (Wildman–Crippen LogP) is 2.46. The molecule has 0 aromatic carbocycles. The van der Waals surface area contributed by atoms with Gasteiger partial charge in [0.1, 0.15) is 11.5 Å². The van der Waals surface area contributed by atoms with Crippen LogP contribution in [-0.2, 0) is 14.3 Å². The smallest absolute Gasteiger partial charge is 0.307 e. The molecule has 0 bridgehead atoms. The van der Waals surface area contributed by atoms with Gasteiger partial charge in [-0.15, -0.1) is 0 Å². The predicted molar refractivity (Wildman–Crippen MR) is 64.3 cm³/mol. The number of fused-ring (bicyclic) bond motifs is 1. The van der Waals surface area contributed by atoms with Crippen molar-refractivity contribution >= 4 is 11.8 Å². The standard InChI is InChI=1S/C15H18O3/c1-8(16)18-12-7-10-9-3-5-14(2)11(17)4-6-15(12,14)13(9)10/h7,9-10,13H,3-6H2,1-2H3/t9-,10+,13-,14+,15+/m1/s1. The minimum atomic E-state index is -0.277. The van der Waals surface area contributed by atoms with E-state index >= 15 is 0 Å². The number of hydrogen-bond acceptors (Lipinski definition) is 3. The van der Waals surface area contributed by atoms with Crippen molar-refractivity contribution in [2.24, 2.45) is 28.6 Å². The maximum Gasteiger partial charge on any atom is 0.307 e. The van der Waals surface area contributed by atoms with Crippen molar-refractivity contribution in [2.45, 2.75) is 39.5 Å². The topological polar surface area (TPSA) is 43.4 Å². The highest BCUT2D eigenvalue weighted by atomic mass is 16.5. The molecule has 18 heavy (non-hydrogen) atoms. The van der Waals surface area contributed by atoms with Gasteiger partial charge in [-0.25, -0.2) is 0 Å². The first-order valence-electron chi connectivity index (χ1n) is 6.95. The second-order valence-electron chi connectivity index (χ2n) is 6.66. The fourth-order valence-electron chi connectivity index (χ4n) is 5.32. The van der Waals surface area contributed by atoms with E-state index in [1.807, 2.05) is 0 Å². The molecule has 0 heterocycles. The van der Waals surface area contributed by atoms with Gasteiger partial charge < -0.3 is 4.74 Å². The summed E-state index contributed by atoms with van der Waals surface area (Å²) in [5.41, 5.74) is -0.413. The number of carbonyl (C=O) groups is 2. The number of allylic oxidation sites excluding steroid dienone is 2. The van der Waals surface area contributed by atoms with Crippen LogP contribution in [0.15, 0.2) is 11.8 Å². The van der Waals surface area contributed by atoms with Crippen LogP contribution in [0.1, 0.15) is 39.5 Å². The Bertz CT molecular complexity index is 506. The van der Waals surface area contributed by atoms with Gasteiger partial charge in [-0.1, -0.05) is 6.92 Å². The van der Waals surface area contributed by atoms with Crippen LogP contribution in [0.5, 0.6) is 0 Å². The molecule has 3 nitrogen and oxygen atoms in total. The van der Waals surface area contributed by atoms with Gasteiger partial charge in [-0.3, -0.25) is 9.59 Å². The summed E-state index contributed by atoms with van der Waals surface area (Å²) in [5.74, 6) is 2.87. The van der Waals surface area contributed by atoms with E-state index in [0.717, 1.165) is 24.5 Å². The zero-order chi connectivity index (χ0) is 12.7. The molecule has 5 atom stereocenters. The summed E-state index contributed by atoms with van der Waals surface area (Å²) in [6.07, 6.45) is 5.85. The lowest BCUT2D eigenvalue weighted by molar-refractivity contribution is -0.144. The molecule has 0 N–H and O–H groups in total. The third-order valence-electron chi connectivity index (χ3n) is 6.16. The largest absolute Gasteiger partial charge is 0.431 e. The van der Waals surface area contributed by atoms with Crippen LogP contribution in [0.25, 0.3) is 0 Å². The molecule has 1 spiro atoms. The third kappa shape index (κ3) is 0.918. The van der Waals surface area contributed by atoms with Crippen LogP contribution in [-0.4, -0.2) is 11.8 Å². The van der Waals surface area contributed by atoms with Gasteiger partial charge >= 0.3 is 5.97 Å². The van der Waals surface area contributed by atoms with E-state index in [2.05, 4.69) is 13.0 Å². The number of carbonyl (C=O) groups excluding carboxylic acids is 2. The van der Waals surface area contributed by atoms with E-state index in [1.165, 1.54) is 13.3 Å². The Morgan fingerprint density at radius 2 is 2.22 bits per heavy atom. The number of hydrogen-bond donors (Lipinski definition) is 0. The molecule has 0 aromatic rings. The van der Waals surface area contributed by atoms with Crippen LogP contribution >= 0.6 is 0 Å². The summed E-state index contributed by atoms with van der Waals surface area (Å²) < 4.78 is 5.49. The normalized spacial score (nSPS) is 51.6. The SMILES string of the molecule is CC(=O)OC1=C[C@H]2[C@H]3CC[C@@]4(C)C(=O)CC[C@@]14[C@@H]23. The monoisotopic (exact) mass is 246 g/mol. The molecule has 0 amide bonds. The van der Waals surface area contributed by atoms with Crippen LogP contribution in [0.3, 0.4) is 0 Å². The first-order valence-corrected chi connectivity index (χ1v) is 6.95. The summed E-state index contributed by atoms with van der Waals surface area (Å²) in [6.45, 7) is 3.56. The molecular formula is C15H18O3. The summed E-state index contributed by atoms with van der Waals surface area (Å²) in [7, 11) is 0. The van der Waals surface area contributed by atoms with Crippen molar-refractivity contribution < 1.29 is 14.3 Å². The van der Waals surface area contributed by atoms with Crippen molar-refractivity contribution in [3.63, 3.8) is 0 Å². The van der Waals surface area contributed by atoms with Crippen molar-refractivity contribution in [1.82, 2.24) is 0 Å². The molecule has 4 aliphatic carbocycles. The molecule has 0 aromatic heterocycles. The first kappa shape index (κ1) is 10.8. The number of rotatable bonds is 1. The summed E-state index contributed by atoms with van der Waals surface area (Å²) in [4.78, 5) is 23.6. The lowest BCUT2D eigenvalue weighted by atomic mass is 9.57. The van der Waals surface area contributed by atoms with E-state index < -0.39 is 0 Å². The third-order valence-corrected chi connectivity index (χ3v) is 6.16. The van der Waals surface area contributed by atoms with Crippen LogP contribution in [0.2, 0.25) is 0 Å². The number of ketones is 1. The Balaban J connectivity index is 1.84. The molecule has 4 rings (SSSR count). The fourth-order valence-corrected chi connectivity index (χ4v) is 5.32. The molecule has 3 fully saturated rings. The molecule has 3 heteroatoms. The first-order chi connectivity index (χ1) is 8.50. The van der Waals surface area contributed by atoms with Crippen molar-refractivity contribution in [3.8, 4) is 0 Å². The van der Waals surface area contributed by atoms with Crippen LogP contribution < -0.4 is 0 Å². The molecular weight excluding hydrogens is 228 g/mol. The molecule has 0 aliphatic heterocycles. The quantitative estimate of drug-likeness (QED) is 0.667. The highest BCUT2D eigenvalue weighted by molar-refractivity contribution is 5.89. The van der Waals surface area contributed by atoms with Crippen molar-refractivity contribution in [2.75, 3.05) is 0 Å². The van der Waals surface area contributed by atoms with Gasteiger partial charge in [0, 0.05) is 24.2 Å². The number of ether oxygens (including phenoxy) is 1. The number of esters is 1. The average molecular weight is 246 g/mol. The second-order valence-corrected chi connectivity index (χ2v) is 6.66. The Labute approximate surface area is 107 Å². The van der Waals surface area contributed by atoms with E-state index in [-0.39, 0.29) is 16.8 Å². The van der Waals surface area contributed by atoms with Gasteiger partial charge in [0.2, 0.25) is 0 Å². The maximum atomic E-state index is 12.3. The molecule has 96 valence electrons. The molecule has 0 radical (unpaired) electrons. The minimum absolute atomic E-state index is 0.136. The van der Waals surface area contributed by atoms with E-state index in [4.69, 9.17) is 4.74 Å². The summed E-state index contributed by atoms with van der Waals surface area (Å²) in [6, 6.07) is 0. The molecule has 0 unspecified atom stereocenters. The van der Waals surface area contributed by atoms with Gasteiger partial charge in [0.25, 0.3) is 0 Å². The van der Waals surface area contributed by atoms with Gasteiger partial charge in [-0.2, -0.15) is 0 Å². The Hall–Kier alpha value is -1.12. The van der Waals surface area contributed by atoms with Crippen LogP contribution in [0, 0.1) is 28.6 Å². The van der Waals surface area contributed by atoms with Crippen molar-refractivity contribution in [3.05, 3.63) is 11.8 Å². The highest BCUT2D eigenvalue weighted by Crippen LogP contribution is 2.79. The Morgan fingerprint density at radius 1 is 1.44 bits per heavy atom.